The van der Waals surface area contributed by atoms with Crippen molar-refractivity contribution in [3.8, 4) is 11.5 Å². The lowest BCUT2D eigenvalue weighted by atomic mass is 10.2. The summed E-state index contributed by atoms with van der Waals surface area (Å²) in [5.74, 6) is 1.14. The first kappa shape index (κ1) is 19.8. The molecule has 10 heteroatoms. The second-order valence-electron chi connectivity index (χ2n) is 6.76. The second kappa shape index (κ2) is 8.07. The fourth-order valence-corrected chi connectivity index (χ4v) is 4.04. The molecule has 0 unspecified atom stereocenters. The molecule has 1 aromatic heterocycles. The minimum atomic E-state index is -3.79. The number of carbonyl (C=O) groups excluding carboxylic acids is 1. The number of aromatic nitrogens is 2. The van der Waals surface area contributed by atoms with Crippen molar-refractivity contribution in [1.29, 1.82) is 0 Å². The van der Waals surface area contributed by atoms with Gasteiger partial charge in [0.1, 0.15) is 6.61 Å². The van der Waals surface area contributed by atoms with Crippen LogP contribution in [0, 0.1) is 0 Å². The summed E-state index contributed by atoms with van der Waals surface area (Å²) < 4.78 is 40.9. The van der Waals surface area contributed by atoms with Crippen LogP contribution in [0.15, 0.2) is 65.8 Å². The molecule has 0 fully saturated rings. The molecule has 1 amide bonds. The molecule has 1 aliphatic rings. The van der Waals surface area contributed by atoms with Crippen molar-refractivity contribution in [3.05, 3.63) is 60.9 Å². The summed E-state index contributed by atoms with van der Waals surface area (Å²) in [7, 11) is -3.79. The zero-order chi connectivity index (χ0) is 21.1. The number of ether oxygens (including phenoxy) is 2. The van der Waals surface area contributed by atoms with Gasteiger partial charge in [0.25, 0.3) is 10.0 Å². The molecule has 0 saturated carbocycles. The van der Waals surface area contributed by atoms with Crippen molar-refractivity contribution in [2.75, 3.05) is 16.6 Å². The Morgan fingerprint density at radius 1 is 1.13 bits per heavy atom. The Bertz CT molecular complexity index is 1160. The number of carbonyl (C=O) groups is 1. The molecule has 0 radical (unpaired) electrons. The van der Waals surface area contributed by atoms with Crippen LogP contribution in [0.5, 0.6) is 11.5 Å². The number of fused-ring (bicyclic) bond motifs is 1. The summed E-state index contributed by atoms with van der Waals surface area (Å²) in [5.41, 5.74) is 0.851. The predicted molar refractivity (Wildman–Crippen MR) is 110 cm³/mol. The number of para-hydroxylation sites is 2. The number of benzene rings is 2. The van der Waals surface area contributed by atoms with Gasteiger partial charge in [0, 0.05) is 18.8 Å². The smallest absolute Gasteiger partial charge is 0.261 e. The minimum absolute atomic E-state index is 0.0740. The molecule has 0 saturated heterocycles. The van der Waals surface area contributed by atoms with E-state index in [4.69, 9.17) is 9.47 Å². The zero-order valence-corrected chi connectivity index (χ0v) is 16.9. The van der Waals surface area contributed by atoms with Gasteiger partial charge >= 0.3 is 0 Å². The van der Waals surface area contributed by atoms with Gasteiger partial charge in [-0.15, -0.1) is 0 Å². The van der Waals surface area contributed by atoms with Crippen molar-refractivity contribution in [2.24, 2.45) is 0 Å². The molecule has 2 heterocycles. The molecule has 0 aliphatic carbocycles. The maximum atomic E-state index is 12.6. The standard InChI is InChI=1S/C20H20N4O5S/c1-14(25)22-15-6-8-18(9-7-15)30(26,27)23-16-10-21-24(11-16)12-17-13-28-19-4-2-3-5-20(19)29-17/h2-11,17,23H,12-13H2,1H3,(H,22,25)/t17-/m1/s1. The third-order valence-electron chi connectivity index (χ3n) is 4.33. The van der Waals surface area contributed by atoms with E-state index in [2.05, 4.69) is 15.1 Å². The van der Waals surface area contributed by atoms with E-state index < -0.39 is 10.0 Å². The Kier molecular flexibility index (Phi) is 5.32. The number of nitrogens with zero attached hydrogens (tertiary/aromatic N) is 2. The highest BCUT2D eigenvalue weighted by Gasteiger charge is 2.22. The van der Waals surface area contributed by atoms with Crippen LogP contribution in [0.2, 0.25) is 0 Å². The van der Waals surface area contributed by atoms with Crippen molar-refractivity contribution in [3.63, 3.8) is 0 Å². The lowest BCUT2D eigenvalue weighted by Crippen LogP contribution is -2.33. The third kappa shape index (κ3) is 4.54. The van der Waals surface area contributed by atoms with Crippen LogP contribution in [-0.2, 0) is 21.4 Å². The van der Waals surface area contributed by atoms with Gasteiger partial charge in [0.2, 0.25) is 5.91 Å². The van der Waals surface area contributed by atoms with Crippen molar-refractivity contribution >= 4 is 27.3 Å². The van der Waals surface area contributed by atoms with Gasteiger partial charge in [-0.25, -0.2) is 8.42 Å². The summed E-state index contributed by atoms with van der Waals surface area (Å²) in [4.78, 5) is 11.1. The fourth-order valence-electron chi connectivity index (χ4n) is 3.01. The molecule has 0 bridgehead atoms. The van der Waals surface area contributed by atoms with Crippen LogP contribution in [0.4, 0.5) is 11.4 Å². The van der Waals surface area contributed by atoms with E-state index >= 15 is 0 Å². The fraction of sp³-hybridized carbons (Fsp3) is 0.200. The summed E-state index contributed by atoms with van der Waals surface area (Å²) in [6, 6.07) is 13.3. The van der Waals surface area contributed by atoms with Crippen LogP contribution in [-0.4, -0.2) is 36.8 Å². The highest BCUT2D eigenvalue weighted by atomic mass is 32.2. The Balaban J connectivity index is 1.40. The summed E-state index contributed by atoms with van der Waals surface area (Å²) in [5, 5.41) is 6.79. The van der Waals surface area contributed by atoms with Gasteiger partial charge in [0.05, 0.1) is 23.3 Å². The molecule has 156 valence electrons. The Hall–Kier alpha value is -3.53. The van der Waals surface area contributed by atoms with Crippen molar-refractivity contribution in [1.82, 2.24) is 9.78 Å². The lowest BCUT2D eigenvalue weighted by Gasteiger charge is -2.26. The molecule has 3 aromatic rings. The zero-order valence-electron chi connectivity index (χ0n) is 16.1. The monoisotopic (exact) mass is 428 g/mol. The summed E-state index contributed by atoms with van der Waals surface area (Å²) in [6.45, 7) is 2.16. The van der Waals surface area contributed by atoms with Crippen LogP contribution in [0.3, 0.4) is 0 Å². The summed E-state index contributed by atoms with van der Waals surface area (Å²) in [6.07, 6.45) is 2.78. The van der Waals surface area contributed by atoms with Crippen LogP contribution in [0.25, 0.3) is 0 Å². The SMILES string of the molecule is CC(=O)Nc1ccc(S(=O)(=O)Nc2cnn(C[C@@H]3COc4ccccc4O3)c2)cc1. The number of hydrogen-bond acceptors (Lipinski definition) is 6. The average Bonchev–Trinajstić information content (AvgIpc) is 3.14. The molecule has 2 N–H and O–H groups in total. The Morgan fingerprint density at radius 3 is 2.60 bits per heavy atom. The first-order valence-electron chi connectivity index (χ1n) is 9.20. The van der Waals surface area contributed by atoms with E-state index in [1.54, 1.807) is 10.9 Å². The number of anilines is 2. The molecule has 2 aromatic carbocycles. The quantitative estimate of drug-likeness (QED) is 0.624. The number of amides is 1. The van der Waals surface area contributed by atoms with Gasteiger partial charge in [-0.05, 0) is 36.4 Å². The molecular formula is C20H20N4O5S. The molecule has 0 spiro atoms. The van der Waals surface area contributed by atoms with Gasteiger partial charge in [0.15, 0.2) is 17.6 Å². The average molecular weight is 428 g/mol. The Labute approximate surface area is 173 Å². The normalized spacial score (nSPS) is 15.4. The topological polar surface area (TPSA) is 112 Å². The second-order valence-corrected chi connectivity index (χ2v) is 8.44. The van der Waals surface area contributed by atoms with E-state index in [-0.39, 0.29) is 16.9 Å². The van der Waals surface area contributed by atoms with E-state index in [1.807, 2.05) is 24.3 Å². The number of hydrogen-bond donors (Lipinski definition) is 2. The Morgan fingerprint density at radius 2 is 1.87 bits per heavy atom. The third-order valence-corrected chi connectivity index (χ3v) is 5.73. The van der Waals surface area contributed by atoms with Gasteiger partial charge in [-0.2, -0.15) is 5.10 Å². The first-order chi connectivity index (χ1) is 14.4. The van der Waals surface area contributed by atoms with Crippen LogP contribution < -0.4 is 19.5 Å². The number of rotatable bonds is 6. The van der Waals surface area contributed by atoms with E-state index in [0.29, 0.717) is 36.0 Å². The largest absolute Gasteiger partial charge is 0.486 e. The van der Waals surface area contributed by atoms with E-state index in [0.717, 1.165) is 0 Å². The van der Waals surface area contributed by atoms with Gasteiger partial charge in [-0.3, -0.25) is 14.2 Å². The predicted octanol–water partition coefficient (Wildman–Crippen LogP) is 2.48. The molecule has 4 rings (SSSR count). The number of sulfonamides is 1. The minimum Gasteiger partial charge on any atom is -0.486 e. The van der Waals surface area contributed by atoms with E-state index in [1.165, 1.54) is 37.4 Å². The highest BCUT2D eigenvalue weighted by Crippen LogP contribution is 2.31. The molecule has 1 atom stereocenters. The molecular weight excluding hydrogens is 408 g/mol. The molecule has 30 heavy (non-hydrogen) atoms. The van der Waals surface area contributed by atoms with E-state index in [9.17, 15) is 13.2 Å². The summed E-state index contributed by atoms with van der Waals surface area (Å²) >= 11 is 0. The maximum Gasteiger partial charge on any atom is 0.261 e. The van der Waals surface area contributed by atoms with Crippen LogP contribution in [0.1, 0.15) is 6.92 Å². The lowest BCUT2D eigenvalue weighted by molar-refractivity contribution is -0.114. The molecule has 1 aliphatic heterocycles. The van der Waals surface area contributed by atoms with Crippen molar-refractivity contribution < 1.29 is 22.7 Å². The van der Waals surface area contributed by atoms with Crippen LogP contribution >= 0.6 is 0 Å². The number of nitrogens with one attached hydrogen (secondary N) is 2. The molecule has 9 nitrogen and oxygen atoms in total. The first-order valence-corrected chi connectivity index (χ1v) is 10.7. The van der Waals surface area contributed by atoms with Gasteiger partial charge < -0.3 is 14.8 Å². The van der Waals surface area contributed by atoms with Gasteiger partial charge in [-0.1, -0.05) is 12.1 Å². The van der Waals surface area contributed by atoms with Crippen molar-refractivity contribution in [2.45, 2.75) is 24.5 Å². The maximum absolute atomic E-state index is 12.6. The highest BCUT2D eigenvalue weighted by molar-refractivity contribution is 7.92.